The summed E-state index contributed by atoms with van der Waals surface area (Å²) in [5.41, 5.74) is 2.44. The summed E-state index contributed by atoms with van der Waals surface area (Å²) >= 11 is 0. The van der Waals surface area contributed by atoms with Gasteiger partial charge in [0.05, 0.1) is 4.90 Å². The van der Waals surface area contributed by atoms with Gasteiger partial charge in [-0.15, -0.1) is 0 Å². The quantitative estimate of drug-likeness (QED) is 0.806. The number of amides is 1. The maximum absolute atomic E-state index is 12.8. The van der Waals surface area contributed by atoms with Gasteiger partial charge >= 0.3 is 0 Å². The molecule has 0 aliphatic carbocycles. The van der Waals surface area contributed by atoms with Crippen molar-refractivity contribution in [3.05, 3.63) is 59.2 Å². The molecule has 26 heavy (non-hydrogen) atoms. The van der Waals surface area contributed by atoms with Crippen LogP contribution in [0.15, 0.2) is 47.4 Å². The summed E-state index contributed by atoms with van der Waals surface area (Å²) in [4.78, 5) is 12.5. The molecule has 0 saturated carbocycles. The highest BCUT2D eigenvalue weighted by Crippen LogP contribution is 2.21. The minimum atomic E-state index is -3.79. The third kappa shape index (κ3) is 4.85. The van der Waals surface area contributed by atoms with Crippen molar-refractivity contribution in [2.75, 3.05) is 4.72 Å². The smallest absolute Gasteiger partial charge is 0.262 e. The average molecular weight is 375 g/mol. The molecule has 5 nitrogen and oxygen atoms in total. The first-order chi connectivity index (χ1) is 12.1. The Morgan fingerprint density at radius 3 is 2.15 bits per heavy atom. The van der Waals surface area contributed by atoms with E-state index in [0.29, 0.717) is 16.8 Å². The average Bonchev–Trinajstić information content (AvgIpc) is 2.56. The van der Waals surface area contributed by atoms with Gasteiger partial charge in [-0.25, -0.2) is 8.42 Å². The second-order valence-corrected chi connectivity index (χ2v) is 8.61. The first-order valence-corrected chi connectivity index (χ1v) is 10.1. The van der Waals surface area contributed by atoms with Crippen LogP contribution in [0.5, 0.6) is 0 Å². The predicted molar refractivity (Wildman–Crippen MR) is 105 cm³/mol. The zero-order chi connectivity index (χ0) is 19.5. The summed E-state index contributed by atoms with van der Waals surface area (Å²) in [5, 5.41) is 2.90. The highest BCUT2D eigenvalue weighted by atomic mass is 32.2. The standard InChI is InChI=1S/C20H26N2O3S/c1-13(2)16(5)21-20(23)17-9-8-15(4)19(12-17)26(24,25)22-18-10-6-14(3)7-11-18/h6-13,16,22H,1-5H3,(H,21,23)/t16-/m0/s1. The number of aryl methyl sites for hydroxylation is 2. The van der Waals surface area contributed by atoms with Crippen molar-refractivity contribution in [2.45, 2.75) is 45.6 Å². The van der Waals surface area contributed by atoms with Crippen molar-refractivity contribution in [3.63, 3.8) is 0 Å². The summed E-state index contributed by atoms with van der Waals surface area (Å²) in [7, 11) is -3.79. The fourth-order valence-corrected chi connectivity index (χ4v) is 3.65. The molecule has 2 aromatic rings. The van der Waals surface area contributed by atoms with E-state index in [1.54, 1.807) is 31.2 Å². The Hall–Kier alpha value is -2.34. The lowest BCUT2D eigenvalue weighted by Gasteiger charge is -2.18. The first kappa shape index (κ1) is 20.0. The summed E-state index contributed by atoms with van der Waals surface area (Å²) in [6.45, 7) is 9.60. The number of hydrogen-bond donors (Lipinski definition) is 2. The predicted octanol–water partition coefficient (Wildman–Crippen LogP) is 3.88. The SMILES string of the molecule is Cc1ccc(NS(=O)(=O)c2cc(C(=O)N[C@@H](C)C(C)C)ccc2C)cc1. The van der Waals surface area contributed by atoms with Crippen LogP contribution in [0.2, 0.25) is 0 Å². The molecule has 0 heterocycles. The monoisotopic (exact) mass is 374 g/mol. The van der Waals surface area contributed by atoms with E-state index in [1.807, 2.05) is 39.8 Å². The molecule has 0 aromatic heterocycles. The first-order valence-electron chi connectivity index (χ1n) is 8.61. The molecule has 0 bridgehead atoms. The molecule has 0 saturated heterocycles. The molecule has 0 aliphatic rings. The van der Waals surface area contributed by atoms with Gasteiger partial charge in [0.1, 0.15) is 0 Å². The lowest BCUT2D eigenvalue weighted by molar-refractivity contribution is 0.0930. The molecule has 2 rings (SSSR count). The fourth-order valence-electron chi connectivity index (χ4n) is 2.32. The van der Waals surface area contributed by atoms with Crippen molar-refractivity contribution in [1.82, 2.24) is 5.32 Å². The molecule has 0 spiro atoms. The van der Waals surface area contributed by atoms with Gasteiger partial charge in [-0.05, 0) is 56.5 Å². The minimum Gasteiger partial charge on any atom is -0.349 e. The molecule has 6 heteroatoms. The molecule has 0 fully saturated rings. The van der Waals surface area contributed by atoms with Gasteiger partial charge in [0.15, 0.2) is 0 Å². The van der Waals surface area contributed by atoms with Crippen molar-refractivity contribution < 1.29 is 13.2 Å². The number of nitrogens with one attached hydrogen (secondary N) is 2. The van der Waals surface area contributed by atoms with E-state index >= 15 is 0 Å². The van der Waals surface area contributed by atoms with Gasteiger partial charge in [-0.2, -0.15) is 0 Å². The van der Waals surface area contributed by atoms with E-state index in [0.717, 1.165) is 5.56 Å². The van der Waals surface area contributed by atoms with E-state index in [4.69, 9.17) is 0 Å². The number of sulfonamides is 1. The van der Waals surface area contributed by atoms with Gasteiger partial charge in [0.2, 0.25) is 0 Å². The van der Waals surface area contributed by atoms with Crippen molar-refractivity contribution in [1.29, 1.82) is 0 Å². The van der Waals surface area contributed by atoms with Gasteiger partial charge in [-0.1, -0.05) is 37.6 Å². The minimum absolute atomic E-state index is 0.00505. The third-order valence-electron chi connectivity index (χ3n) is 4.40. The van der Waals surface area contributed by atoms with Crippen molar-refractivity contribution >= 4 is 21.6 Å². The molecule has 0 radical (unpaired) electrons. The molecule has 0 unspecified atom stereocenters. The number of benzene rings is 2. The maximum atomic E-state index is 12.8. The lowest BCUT2D eigenvalue weighted by atomic mass is 10.1. The number of carbonyl (C=O) groups is 1. The Morgan fingerprint density at radius 1 is 0.962 bits per heavy atom. The second-order valence-electron chi connectivity index (χ2n) is 6.96. The van der Waals surface area contributed by atoms with Gasteiger partial charge < -0.3 is 5.32 Å². The summed E-state index contributed by atoms with van der Waals surface area (Å²) in [6, 6.07) is 11.8. The van der Waals surface area contributed by atoms with E-state index in [2.05, 4.69) is 10.0 Å². The summed E-state index contributed by atoms with van der Waals surface area (Å²) < 4.78 is 28.1. The molecular formula is C20H26N2O3S. The Balaban J connectivity index is 2.30. The highest BCUT2D eigenvalue weighted by molar-refractivity contribution is 7.92. The number of hydrogen-bond acceptors (Lipinski definition) is 3. The Morgan fingerprint density at radius 2 is 1.58 bits per heavy atom. The fraction of sp³-hybridized carbons (Fsp3) is 0.350. The normalized spacial score (nSPS) is 12.7. The zero-order valence-electron chi connectivity index (χ0n) is 15.8. The van der Waals surface area contributed by atoms with Crippen LogP contribution in [-0.4, -0.2) is 20.4 Å². The maximum Gasteiger partial charge on any atom is 0.262 e. The van der Waals surface area contributed by atoms with E-state index in [9.17, 15) is 13.2 Å². The van der Waals surface area contributed by atoms with Crippen LogP contribution < -0.4 is 10.0 Å². The highest BCUT2D eigenvalue weighted by Gasteiger charge is 2.20. The summed E-state index contributed by atoms with van der Waals surface area (Å²) in [6.07, 6.45) is 0. The number of carbonyl (C=O) groups excluding carboxylic acids is 1. The van der Waals surface area contributed by atoms with Crippen LogP contribution in [0.4, 0.5) is 5.69 Å². The van der Waals surface area contributed by atoms with Crippen LogP contribution in [0, 0.1) is 19.8 Å². The number of anilines is 1. The van der Waals surface area contributed by atoms with Crippen molar-refractivity contribution in [2.24, 2.45) is 5.92 Å². The number of rotatable bonds is 6. The summed E-state index contributed by atoms with van der Waals surface area (Å²) in [5.74, 6) is 0.00814. The van der Waals surface area contributed by atoms with Crippen LogP contribution in [0.1, 0.15) is 42.3 Å². The van der Waals surface area contributed by atoms with E-state index in [1.165, 1.54) is 6.07 Å². The van der Waals surface area contributed by atoms with E-state index in [-0.39, 0.29) is 22.8 Å². The van der Waals surface area contributed by atoms with Gasteiger partial charge in [0.25, 0.3) is 15.9 Å². The Bertz CT molecular complexity index is 888. The Labute approximate surface area is 155 Å². The Kier molecular flexibility index (Phi) is 6.08. The van der Waals surface area contributed by atoms with Crippen LogP contribution >= 0.6 is 0 Å². The molecule has 1 atom stereocenters. The van der Waals surface area contributed by atoms with Crippen LogP contribution in [0.3, 0.4) is 0 Å². The molecule has 2 aromatic carbocycles. The molecule has 0 aliphatic heterocycles. The van der Waals surface area contributed by atoms with Gasteiger partial charge in [-0.3, -0.25) is 9.52 Å². The van der Waals surface area contributed by atoms with Crippen LogP contribution in [-0.2, 0) is 10.0 Å². The van der Waals surface area contributed by atoms with Crippen molar-refractivity contribution in [3.8, 4) is 0 Å². The topological polar surface area (TPSA) is 75.3 Å². The van der Waals surface area contributed by atoms with Crippen LogP contribution in [0.25, 0.3) is 0 Å². The second kappa shape index (κ2) is 7.91. The zero-order valence-corrected chi connectivity index (χ0v) is 16.6. The van der Waals surface area contributed by atoms with E-state index < -0.39 is 10.0 Å². The molecule has 140 valence electrons. The molecule has 2 N–H and O–H groups in total. The largest absolute Gasteiger partial charge is 0.349 e. The molecular weight excluding hydrogens is 348 g/mol. The third-order valence-corrected chi connectivity index (χ3v) is 5.93. The van der Waals surface area contributed by atoms with Gasteiger partial charge in [0, 0.05) is 17.3 Å². The lowest BCUT2D eigenvalue weighted by Crippen LogP contribution is -2.36. The molecule has 1 amide bonds.